The molecule has 55 heavy (non-hydrogen) atoms. The molecule has 2 unspecified atom stereocenters. The largest absolute Gasteiger partial charge is 0.460 e. The Kier molecular flexibility index (Phi) is 52.9. The highest BCUT2D eigenvalue weighted by atomic mass is 16.6. The van der Waals surface area contributed by atoms with E-state index >= 15 is 0 Å². The van der Waals surface area contributed by atoms with Crippen LogP contribution in [-0.4, -0.2) is 56.7 Å². The Balaban J connectivity index is -0.000000151. The molecule has 0 aliphatic heterocycles. The SMILES string of the molecule is C#C.CC.CC.CC=O.CCC(CC(CO[C@H](C)CC)OC)C(=O)OC(C)(C)C.CCCC.CCc1ccc(-c2ccc(C)cc2)cc1C.N#CCNC=O. The zero-order chi connectivity index (χ0) is 44.3. The van der Waals surface area contributed by atoms with Crippen LogP contribution in [0.25, 0.3) is 11.1 Å². The second-order valence-corrected chi connectivity index (χ2v) is 12.5. The lowest BCUT2D eigenvalue weighted by Crippen LogP contribution is -2.32. The number of rotatable bonds is 14. The van der Waals surface area contributed by atoms with Crippen molar-refractivity contribution >= 4 is 18.7 Å². The first-order valence-corrected chi connectivity index (χ1v) is 20.0. The van der Waals surface area contributed by atoms with E-state index in [1.807, 2.05) is 62.3 Å². The molecule has 0 spiro atoms. The fourth-order valence-corrected chi connectivity index (χ4v) is 3.86. The Labute approximate surface area is 339 Å². The lowest BCUT2D eigenvalue weighted by atomic mass is 9.98. The van der Waals surface area contributed by atoms with E-state index in [9.17, 15) is 9.59 Å². The van der Waals surface area contributed by atoms with Crippen LogP contribution in [0.15, 0.2) is 42.5 Å². The zero-order valence-corrected chi connectivity index (χ0v) is 38.1. The van der Waals surface area contributed by atoms with Gasteiger partial charge < -0.3 is 24.3 Å². The molecule has 0 aliphatic carbocycles. The molecule has 1 N–H and O–H groups in total. The zero-order valence-electron chi connectivity index (χ0n) is 38.1. The van der Waals surface area contributed by atoms with E-state index in [1.54, 1.807) is 13.2 Å². The first-order valence-electron chi connectivity index (χ1n) is 20.0. The van der Waals surface area contributed by atoms with Crippen LogP contribution in [0.3, 0.4) is 0 Å². The summed E-state index contributed by atoms with van der Waals surface area (Å²) >= 11 is 0. The molecule has 0 saturated carbocycles. The third-order valence-electron chi connectivity index (χ3n) is 7.13. The van der Waals surface area contributed by atoms with Crippen molar-refractivity contribution in [3.63, 3.8) is 0 Å². The van der Waals surface area contributed by atoms with Gasteiger partial charge in [0.1, 0.15) is 18.4 Å². The Hall–Kier alpha value is -3.98. The summed E-state index contributed by atoms with van der Waals surface area (Å²) in [6.45, 7) is 32.7. The van der Waals surface area contributed by atoms with E-state index in [2.05, 4.69) is 102 Å². The van der Waals surface area contributed by atoms with Crippen molar-refractivity contribution in [1.29, 1.82) is 5.26 Å². The maximum atomic E-state index is 12.1. The van der Waals surface area contributed by atoms with E-state index in [1.165, 1.54) is 47.6 Å². The fraction of sp³-hybridized carbons (Fsp3) is 0.617. The number of carbonyl (C=O) groups excluding carboxylic acids is 3. The number of nitrogens with zero attached hydrogens (tertiary/aromatic N) is 1. The van der Waals surface area contributed by atoms with Gasteiger partial charge in [0.2, 0.25) is 6.41 Å². The monoisotopic (exact) mass is 771 g/mol. The smallest absolute Gasteiger partial charge is 0.309 e. The van der Waals surface area contributed by atoms with Crippen LogP contribution in [0.5, 0.6) is 0 Å². The molecule has 0 saturated heterocycles. The van der Waals surface area contributed by atoms with Gasteiger partial charge in [0.25, 0.3) is 0 Å². The average Bonchev–Trinajstić information content (AvgIpc) is 3.19. The molecular weight excluding hydrogens is 689 g/mol. The Bertz CT molecular complexity index is 1190. The normalized spacial score (nSPS) is 10.7. The Morgan fingerprint density at radius 3 is 1.71 bits per heavy atom. The number of carbonyl (C=O) groups is 3. The molecule has 2 aromatic carbocycles. The van der Waals surface area contributed by atoms with Gasteiger partial charge in [-0.3, -0.25) is 9.59 Å². The molecule has 2 rings (SSSR count). The number of methoxy groups -OCH3 is 1. The number of unbranched alkanes of at least 4 members (excludes halogenated alkanes) is 1. The fourth-order valence-electron chi connectivity index (χ4n) is 3.86. The summed E-state index contributed by atoms with van der Waals surface area (Å²) in [4.78, 5) is 30.2. The van der Waals surface area contributed by atoms with Crippen LogP contribution in [0.2, 0.25) is 0 Å². The van der Waals surface area contributed by atoms with Gasteiger partial charge in [0.05, 0.1) is 30.8 Å². The molecule has 8 heteroatoms. The molecule has 1 amide bonds. The molecule has 0 heterocycles. The van der Waals surface area contributed by atoms with Crippen molar-refractivity contribution in [2.45, 2.75) is 167 Å². The standard InChI is InChI=1S/C16H32O4.C16H18.C4H10.C3H4N2O.C2H4O.2C2H6.C2H2/c1-8-12(3)19-11-14(18-7)10-13(9-2)15(17)20-16(4,5)6;1-4-14-9-10-16(11-13(14)3)15-7-5-12(2)6-8-15;1-3-4-2;4-1-2-5-3-6;1-2-3;3*1-2/h12-14H,8-11H2,1-7H3;5-11H,4H2,1-3H3;3-4H2,1-2H3;3H,2H2,(H,5,6);2H,1H3;2*1-2H3;1-2H/t12-,13?,14?;;;;;;;/m1......./s1. The Morgan fingerprint density at radius 1 is 0.891 bits per heavy atom. The maximum absolute atomic E-state index is 12.1. The van der Waals surface area contributed by atoms with Crippen LogP contribution in [0.4, 0.5) is 0 Å². The molecule has 316 valence electrons. The summed E-state index contributed by atoms with van der Waals surface area (Å²) in [6, 6.07) is 17.2. The highest BCUT2D eigenvalue weighted by molar-refractivity contribution is 5.72. The van der Waals surface area contributed by atoms with E-state index in [0.29, 0.717) is 19.4 Å². The topological polar surface area (TPSA) is 115 Å². The minimum atomic E-state index is -0.444. The van der Waals surface area contributed by atoms with Gasteiger partial charge in [0.15, 0.2) is 0 Å². The molecular formula is C47H82N2O6. The summed E-state index contributed by atoms with van der Waals surface area (Å²) in [7, 11) is 1.66. The first kappa shape index (κ1) is 63.0. The Morgan fingerprint density at radius 2 is 1.38 bits per heavy atom. The van der Waals surface area contributed by atoms with Crippen LogP contribution in [0, 0.1) is 43.9 Å². The molecule has 0 aliphatic rings. The van der Waals surface area contributed by atoms with Gasteiger partial charge in [-0.25, -0.2) is 0 Å². The summed E-state index contributed by atoms with van der Waals surface area (Å²) in [5.74, 6) is -0.287. The number of hydrogen-bond acceptors (Lipinski definition) is 7. The molecule has 0 aromatic heterocycles. The first-order chi connectivity index (χ1) is 26.2. The third-order valence-corrected chi connectivity index (χ3v) is 7.13. The number of esters is 1. The lowest BCUT2D eigenvalue weighted by Gasteiger charge is -2.26. The number of aldehydes is 1. The lowest BCUT2D eigenvalue weighted by molar-refractivity contribution is -0.162. The highest BCUT2D eigenvalue weighted by Crippen LogP contribution is 2.23. The molecule has 0 fully saturated rings. The number of amides is 1. The summed E-state index contributed by atoms with van der Waals surface area (Å²) < 4.78 is 16.6. The minimum Gasteiger partial charge on any atom is -0.460 e. The van der Waals surface area contributed by atoms with Crippen LogP contribution < -0.4 is 5.32 Å². The summed E-state index contributed by atoms with van der Waals surface area (Å²) in [5, 5.41) is 9.88. The van der Waals surface area contributed by atoms with Crippen molar-refractivity contribution in [1.82, 2.24) is 5.32 Å². The minimum absolute atomic E-state index is 0.0681. The summed E-state index contributed by atoms with van der Waals surface area (Å²) in [6.07, 6.45) is 15.5. The quantitative estimate of drug-likeness (QED) is 0.0668. The van der Waals surface area contributed by atoms with Crippen molar-refractivity contribution in [2.75, 3.05) is 20.3 Å². The second kappa shape index (κ2) is 46.2. The average molecular weight is 771 g/mol. The van der Waals surface area contributed by atoms with Crippen molar-refractivity contribution < 1.29 is 28.6 Å². The van der Waals surface area contributed by atoms with Crippen LogP contribution >= 0.6 is 0 Å². The highest BCUT2D eigenvalue weighted by Gasteiger charge is 2.27. The maximum Gasteiger partial charge on any atom is 0.309 e. The second-order valence-electron chi connectivity index (χ2n) is 12.5. The van der Waals surface area contributed by atoms with Gasteiger partial charge in [0, 0.05) is 7.11 Å². The van der Waals surface area contributed by atoms with Gasteiger partial charge >= 0.3 is 5.97 Å². The predicted octanol–water partition coefficient (Wildman–Crippen LogP) is 11.7. The van der Waals surface area contributed by atoms with Gasteiger partial charge in [-0.05, 0) is 96.4 Å². The molecule has 0 radical (unpaired) electrons. The molecule has 2 aromatic rings. The van der Waals surface area contributed by atoms with Gasteiger partial charge in [-0.15, -0.1) is 12.8 Å². The third kappa shape index (κ3) is 41.0. The number of hydrogen-bond donors (Lipinski definition) is 1. The number of benzene rings is 2. The molecule has 3 atom stereocenters. The number of terminal acetylenes is 1. The van der Waals surface area contributed by atoms with E-state index in [0.717, 1.165) is 25.5 Å². The van der Waals surface area contributed by atoms with Crippen LogP contribution in [0.1, 0.15) is 146 Å². The number of nitriles is 1. The molecule has 8 nitrogen and oxygen atoms in total. The molecule has 0 bridgehead atoms. The van der Waals surface area contributed by atoms with E-state index in [4.69, 9.17) is 24.3 Å². The van der Waals surface area contributed by atoms with Gasteiger partial charge in [-0.2, -0.15) is 5.26 Å². The van der Waals surface area contributed by atoms with E-state index < -0.39 is 5.60 Å². The summed E-state index contributed by atoms with van der Waals surface area (Å²) in [5.41, 5.74) is 6.31. The van der Waals surface area contributed by atoms with Gasteiger partial charge in [-0.1, -0.05) is 123 Å². The van der Waals surface area contributed by atoms with Crippen molar-refractivity contribution in [3.05, 3.63) is 59.2 Å². The van der Waals surface area contributed by atoms with Crippen molar-refractivity contribution in [2.24, 2.45) is 5.92 Å². The number of aryl methyl sites for hydroxylation is 3. The van der Waals surface area contributed by atoms with E-state index in [-0.39, 0.29) is 30.6 Å². The predicted molar refractivity (Wildman–Crippen MR) is 236 cm³/mol. The number of ether oxygens (including phenoxy) is 3. The van der Waals surface area contributed by atoms with Crippen molar-refractivity contribution in [3.8, 4) is 30.0 Å². The van der Waals surface area contributed by atoms with Crippen LogP contribution in [-0.2, 0) is 35.0 Å². The number of nitrogens with one attached hydrogen (secondary N) is 1.